The van der Waals surface area contributed by atoms with Crippen molar-refractivity contribution in [2.75, 3.05) is 7.05 Å². The van der Waals surface area contributed by atoms with E-state index in [2.05, 4.69) is 47.0 Å². The maximum Gasteiger partial charge on any atom is 0.186 e. The highest BCUT2D eigenvalue weighted by Crippen LogP contribution is 2.13. The Balaban J connectivity index is 1.86. The van der Waals surface area contributed by atoms with Crippen LogP contribution in [0.2, 0.25) is 0 Å². The molecule has 0 amide bonds. The van der Waals surface area contributed by atoms with E-state index in [9.17, 15) is 0 Å². The highest BCUT2D eigenvalue weighted by atomic mass is 32.1. The second-order valence-electron chi connectivity index (χ2n) is 4.79. The molecule has 0 saturated heterocycles. The van der Waals surface area contributed by atoms with Gasteiger partial charge in [-0.25, -0.2) is 0 Å². The monoisotopic (exact) mass is 313 g/mol. The molecule has 2 aromatic carbocycles. The minimum atomic E-state index is 0.481. The Hall–Kier alpha value is -2.40. The van der Waals surface area contributed by atoms with Gasteiger partial charge < -0.3 is 10.1 Å². The summed E-state index contributed by atoms with van der Waals surface area (Å²) in [7, 11) is 1.74. The lowest BCUT2D eigenvalue weighted by molar-refractivity contribution is 0.306. The van der Waals surface area contributed by atoms with Crippen molar-refractivity contribution in [2.24, 2.45) is 5.10 Å². The lowest BCUT2D eigenvalue weighted by Crippen LogP contribution is -2.28. The molecule has 0 atom stereocenters. The van der Waals surface area contributed by atoms with Gasteiger partial charge in [-0.15, -0.1) is 0 Å². The molecule has 4 nitrogen and oxygen atoms in total. The van der Waals surface area contributed by atoms with E-state index in [1.165, 1.54) is 5.56 Å². The number of nitrogens with zero attached hydrogens (tertiary/aromatic N) is 1. The van der Waals surface area contributed by atoms with Crippen LogP contribution in [0.5, 0.6) is 5.75 Å². The van der Waals surface area contributed by atoms with E-state index in [4.69, 9.17) is 17.0 Å². The van der Waals surface area contributed by atoms with Crippen molar-refractivity contribution >= 4 is 23.5 Å². The van der Waals surface area contributed by atoms with Crippen LogP contribution in [0, 0.1) is 6.92 Å². The Morgan fingerprint density at radius 1 is 1.14 bits per heavy atom. The molecule has 0 saturated carbocycles. The lowest BCUT2D eigenvalue weighted by Gasteiger charge is -2.07. The predicted molar refractivity (Wildman–Crippen MR) is 94.3 cm³/mol. The summed E-state index contributed by atoms with van der Waals surface area (Å²) in [6.45, 7) is 2.63. The molecule has 5 heteroatoms. The Labute approximate surface area is 136 Å². The fourth-order valence-corrected chi connectivity index (χ4v) is 1.78. The number of benzene rings is 2. The summed E-state index contributed by atoms with van der Waals surface area (Å²) in [6.07, 6.45) is 1.70. The van der Waals surface area contributed by atoms with Crippen molar-refractivity contribution < 1.29 is 4.74 Å². The van der Waals surface area contributed by atoms with Crippen LogP contribution in [0.4, 0.5) is 0 Å². The van der Waals surface area contributed by atoms with E-state index in [0.29, 0.717) is 11.7 Å². The number of hydrogen-bond donors (Lipinski definition) is 2. The van der Waals surface area contributed by atoms with Gasteiger partial charge in [0.2, 0.25) is 0 Å². The van der Waals surface area contributed by atoms with Crippen LogP contribution in [-0.2, 0) is 6.61 Å². The van der Waals surface area contributed by atoms with Gasteiger partial charge in [0, 0.05) is 7.05 Å². The minimum absolute atomic E-state index is 0.481. The molecule has 0 aliphatic carbocycles. The van der Waals surface area contributed by atoms with E-state index in [0.717, 1.165) is 16.9 Å². The number of rotatable bonds is 5. The van der Waals surface area contributed by atoms with Gasteiger partial charge in [0.25, 0.3) is 0 Å². The second-order valence-corrected chi connectivity index (χ2v) is 5.20. The molecule has 2 N–H and O–H groups in total. The molecule has 0 aliphatic heterocycles. The minimum Gasteiger partial charge on any atom is -0.489 e. The Morgan fingerprint density at radius 3 is 2.45 bits per heavy atom. The van der Waals surface area contributed by atoms with Gasteiger partial charge in [-0.05, 0) is 54.5 Å². The van der Waals surface area contributed by atoms with Crippen LogP contribution in [-0.4, -0.2) is 18.4 Å². The number of aryl methyl sites for hydroxylation is 1. The summed E-state index contributed by atoms with van der Waals surface area (Å²) in [5.41, 5.74) is 6.07. The van der Waals surface area contributed by atoms with Gasteiger partial charge in [0.15, 0.2) is 5.11 Å². The van der Waals surface area contributed by atoms with E-state index in [-0.39, 0.29) is 0 Å². The van der Waals surface area contributed by atoms with E-state index < -0.39 is 0 Å². The molecule has 0 spiro atoms. The number of nitrogens with one attached hydrogen (secondary N) is 2. The number of ether oxygens (including phenoxy) is 1. The molecule has 0 unspecified atom stereocenters. The zero-order valence-corrected chi connectivity index (χ0v) is 13.5. The smallest absolute Gasteiger partial charge is 0.186 e. The summed E-state index contributed by atoms with van der Waals surface area (Å²) < 4.78 is 5.76. The molecule has 2 aromatic rings. The van der Waals surface area contributed by atoms with Crippen LogP contribution in [0.15, 0.2) is 53.6 Å². The van der Waals surface area contributed by atoms with E-state index in [1.54, 1.807) is 13.3 Å². The largest absolute Gasteiger partial charge is 0.489 e. The molecule has 2 rings (SSSR count). The van der Waals surface area contributed by atoms with Gasteiger partial charge in [-0.3, -0.25) is 5.43 Å². The Morgan fingerprint density at radius 2 is 1.82 bits per heavy atom. The van der Waals surface area contributed by atoms with Gasteiger partial charge in [0.1, 0.15) is 12.4 Å². The van der Waals surface area contributed by atoms with Crippen molar-refractivity contribution in [3.8, 4) is 5.75 Å². The quantitative estimate of drug-likeness (QED) is 0.506. The molecule has 0 fully saturated rings. The number of thiocarbonyl (C=S) groups is 1. The topological polar surface area (TPSA) is 45.7 Å². The standard InChI is InChI=1S/C17H19N3OS/c1-13-3-5-15(6-4-13)12-21-16-9-7-14(8-10-16)11-19-20-17(22)18-2/h3-11H,12H2,1-2H3,(H2,18,20,22)/b19-11+. The summed E-state index contributed by atoms with van der Waals surface area (Å²) >= 11 is 4.92. The van der Waals surface area contributed by atoms with Crippen LogP contribution >= 0.6 is 12.2 Å². The van der Waals surface area contributed by atoms with E-state index >= 15 is 0 Å². The van der Waals surface area contributed by atoms with Crippen molar-refractivity contribution in [1.82, 2.24) is 10.7 Å². The first-order valence-electron chi connectivity index (χ1n) is 6.96. The number of hydrogen-bond acceptors (Lipinski definition) is 3. The SMILES string of the molecule is CNC(=S)N/N=C/c1ccc(OCc2ccc(C)cc2)cc1. The Kier molecular flexibility index (Phi) is 5.91. The molecule has 0 bridgehead atoms. The van der Waals surface area contributed by atoms with Crippen LogP contribution in [0.3, 0.4) is 0 Å². The highest BCUT2D eigenvalue weighted by molar-refractivity contribution is 7.80. The van der Waals surface area contributed by atoms with Crippen molar-refractivity contribution in [3.05, 3.63) is 65.2 Å². The molecular formula is C17H19N3OS. The van der Waals surface area contributed by atoms with Crippen LogP contribution in [0.1, 0.15) is 16.7 Å². The van der Waals surface area contributed by atoms with Crippen molar-refractivity contribution in [3.63, 3.8) is 0 Å². The summed E-state index contributed by atoms with van der Waals surface area (Å²) in [5, 5.41) is 7.29. The maximum atomic E-state index is 5.76. The van der Waals surface area contributed by atoms with Crippen LogP contribution in [0.25, 0.3) is 0 Å². The maximum absolute atomic E-state index is 5.76. The molecule has 0 heterocycles. The lowest BCUT2D eigenvalue weighted by atomic mass is 10.2. The molecule has 22 heavy (non-hydrogen) atoms. The normalized spacial score (nSPS) is 10.5. The Bertz CT molecular complexity index is 636. The zero-order valence-electron chi connectivity index (χ0n) is 12.7. The molecule has 0 radical (unpaired) electrons. The fraction of sp³-hybridized carbons (Fsp3) is 0.176. The van der Waals surface area contributed by atoms with Crippen LogP contribution < -0.4 is 15.5 Å². The van der Waals surface area contributed by atoms with Gasteiger partial charge in [-0.1, -0.05) is 29.8 Å². The third kappa shape index (κ3) is 5.18. The first kappa shape index (κ1) is 16.0. The van der Waals surface area contributed by atoms with Gasteiger partial charge >= 0.3 is 0 Å². The average Bonchev–Trinajstić information content (AvgIpc) is 2.55. The molecule has 114 valence electrons. The van der Waals surface area contributed by atoms with Gasteiger partial charge in [-0.2, -0.15) is 5.10 Å². The summed E-state index contributed by atoms with van der Waals surface area (Å²) in [6, 6.07) is 16.1. The predicted octanol–water partition coefficient (Wildman–Crippen LogP) is 3.00. The third-order valence-corrected chi connectivity index (χ3v) is 3.31. The first-order valence-corrected chi connectivity index (χ1v) is 7.37. The summed E-state index contributed by atoms with van der Waals surface area (Å²) in [4.78, 5) is 0. The average molecular weight is 313 g/mol. The molecule has 0 aromatic heterocycles. The summed E-state index contributed by atoms with van der Waals surface area (Å²) in [5.74, 6) is 0.830. The van der Waals surface area contributed by atoms with Crippen molar-refractivity contribution in [1.29, 1.82) is 0 Å². The third-order valence-electron chi connectivity index (χ3n) is 3.01. The van der Waals surface area contributed by atoms with E-state index in [1.807, 2.05) is 24.3 Å². The second kappa shape index (κ2) is 8.14. The number of hydrazone groups is 1. The van der Waals surface area contributed by atoms with Crippen molar-refractivity contribution in [2.45, 2.75) is 13.5 Å². The molecular weight excluding hydrogens is 294 g/mol. The molecule has 0 aliphatic rings. The van der Waals surface area contributed by atoms with Gasteiger partial charge in [0.05, 0.1) is 6.21 Å². The fourth-order valence-electron chi connectivity index (χ4n) is 1.72. The zero-order chi connectivity index (χ0) is 15.8. The highest BCUT2D eigenvalue weighted by Gasteiger charge is 1.96. The first-order chi connectivity index (χ1) is 10.7.